The average Bonchev–Trinajstić information content (AvgIpc) is 2.30. The van der Waals surface area contributed by atoms with Crippen LogP contribution in [0.4, 0.5) is 0 Å². The summed E-state index contributed by atoms with van der Waals surface area (Å²) >= 11 is 0. The molecule has 0 aliphatic rings. The van der Waals surface area contributed by atoms with Crippen LogP contribution in [0.25, 0.3) is 0 Å². The first-order valence-electron chi connectivity index (χ1n) is 4.76. The molecule has 0 saturated heterocycles. The van der Waals surface area contributed by atoms with E-state index in [9.17, 15) is 4.79 Å². The lowest BCUT2D eigenvalue weighted by atomic mass is 10.4. The Balaban J connectivity index is 3.76. The molecule has 0 unspecified atom stereocenters. The Morgan fingerprint density at radius 1 is 1.27 bits per heavy atom. The second-order valence-corrected chi connectivity index (χ2v) is 6.04. The molecule has 1 amide bonds. The predicted molar refractivity (Wildman–Crippen MR) is 58.3 cm³/mol. The summed E-state index contributed by atoms with van der Waals surface area (Å²) in [6.45, 7) is 0.572. The summed E-state index contributed by atoms with van der Waals surface area (Å²) < 4.78 is 15.7. The van der Waals surface area contributed by atoms with Crippen LogP contribution in [0.2, 0.25) is 6.04 Å². The normalized spacial score (nSPS) is 11.5. The number of hydrogen-bond acceptors (Lipinski definition) is 5. The van der Waals surface area contributed by atoms with Crippen molar-refractivity contribution >= 4 is 14.7 Å². The van der Waals surface area contributed by atoms with Crippen LogP contribution in [0.5, 0.6) is 0 Å². The minimum Gasteiger partial charge on any atom is -0.377 e. The standard InChI is InChI=1S/C8H20N2O4Si/c1-12-15(13-2,14-3)6-4-5-10-8(11)7-9/h4-7,9H2,1-3H3,(H,10,11). The highest BCUT2D eigenvalue weighted by molar-refractivity contribution is 6.60. The Hall–Kier alpha value is -0.473. The van der Waals surface area contributed by atoms with Gasteiger partial charge in [0.15, 0.2) is 0 Å². The fraction of sp³-hybridized carbons (Fsp3) is 0.875. The lowest BCUT2D eigenvalue weighted by Crippen LogP contribution is -2.43. The van der Waals surface area contributed by atoms with Gasteiger partial charge in [-0.1, -0.05) is 0 Å². The molecule has 0 bridgehead atoms. The van der Waals surface area contributed by atoms with E-state index >= 15 is 0 Å². The van der Waals surface area contributed by atoms with E-state index in [1.54, 1.807) is 21.3 Å². The van der Waals surface area contributed by atoms with Crippen molar-refractivity contribution in [2.24, 2.45) is 5.73 Å². The summed E-state index contributed by atoms with van der Waals surface area (Å²) in [5, 5.41) is 2.67. The lowest BCUT2D eigenvalue weighted by Gasteiger charge is -2.24. The molecule has 0 saturated carbocycles. The van der Waals surface area contributed by atoms with Crippen molar-refractivity contribution in [2.75, 3.05) is 34.4 Å². The summed E-state index contributed by atoms with van der Waals surface area (Å²) in [5.41, 5.74) is 5.14. The molecule has 0 aliphatic heterocycles. The molecule has 0 radical (unpaired) electrons. The monoisotopic (exact) mass is 236 g/mol. The van der Waals surface area contributed by atoms with E-state index in [0.717, 1.165) is 6.42 Å². The Morgan fingerprint density at radius 3 is 2.20 bits per heavy atom. The highest BCUT2D eigenvalue weighted by Gasteiger charge is 2.36. The van der Waals surface area contributed by atoms with Crippen molar-refractivity contribution in [3.63, 3.8) is 0 Å². The largest absolute Gasteiger partial charge is 0.500 e. The molecule has 0 aromatic heterocycles. The fourth-order valence-corrected chi connectivity index (χ4v) is 2.88. The summed E-state index contributed by atoms with van der Waals surface area (Å²) in [4.78, 5) is 10.8. The van der Waals surface area contributed by atoms with Gasteiger partial charge in [-0.05, 0) is 6.42 Å². The minimum absolute atomic E-state index is 0.0153. The summed E-state index contributed by atoms with van der Waals surface area (Å²) in [6, 6.07) is 0.668. The molecule has 0 heterocycles. The Kier molecular flexibility index (Phi) is 7.53. The molecule has 0 fully saturated rings. The number of carbonyl (C=O) groups is 1. The number of nitrogens with two attached hydrogens (primary N) is 1. The SMILES string of the molecule is CO[Si](CCCNC(=O)CN)(OC)OC. The molecule has 0 spiro atoms. The quantitative estimate of drug-likeness (QED) is 0.431. The van der Waals surface area contributed by atoms with Crippen molar-refractivity contribution < 1.29 is 18.1 Å². The zero-order valence-electron chi connectivity index (χ0n) is 9.54. The minimum atomic E-state index is -2.48. The highest BCUT2D eigenvalue weighted by Crippen LogP contribution is 2.14. The van der Waals surface area contributed by atoms with Gasteiger partial charge in [0.25, 0.3) is 0 Å². The Labute approximate surface area is 91.4 Å². The van der Waals surface area contributed by atoms with E-state index < -0.39 is 8.80 Å². The molecule has 0 aromatic carbocycles. The van der Waals surface area contributed by atoms with Crippen molar-refractivity contribution in [2.45, 2.75) is 12.5 Å². The van der Waals surface area contributed by atoms with E-state index in [1.165, 1.54) is 0 Å². The van der Waals surface area contributed by atoms with Crippen LogP contribution in [0.15, 0.2) is 0 Å². The van der Waals surface area contributed by atoms with E-state index in [4.69, 9.17) is 19.0 Å². The average molecular weight is 236 g/mol. The second-order valence-electron chi connectivity index (χ2n) is 2.95. The topological polar surface area (TPSA) is 82.8 Å². The number of amides is 1. The van der Waals surface area contributed by atoms with E-state index in [2.05, 4.69) is 5.32 Å². The van der Waals surface area contributed by atoms with Crippen LogP contribution in [0.1, 0.15) is 6.42 Å². The molecule has 90 valence electrons. The van der Waals surface area contributed by atoms with E-state index in [-0.39, 0.29) is 12.5 Å². The molecule has 7 heteroatoms. The van der Waals surface area contributed by atoms with Gasteiger partial charge in [-0.25, -0.2) is 0 Å². The van der Waals surface area contributed by atoms with E-state index in [0.29, 0.717) is 12.6 Å². The first-order valence-corrected chi connectivity index (χ1v) is 6.69. The van der Waals surface area contributed by atoms with Crippen LogP contribution in [-0.4, -0.2) is 49.1 Å². The molecule has 3 N–H and O–H groups in total. The molecule has 0 aliphatic carbocycles. The molecule has 0 aromatic rings. The maximum atomic E-state index is 10.8. The third-order valence-corrected chi connectivity index (χ3v) is 4.93. The van der Waals surface area contributed by atoms with Gasteiger partial charge in [0, 0.05) is 33.9 Å². The number of rotatable bonds is 8. The maximum Gasteiger partial charge on any atom is 0.500 e. The van der Waals surface area contributed by atoms with Crippen LogP contribution in [0, 0.1) is 0 Å². The highest BCUT2D eigenvalue weighted by atomic mass is 28.4. The van der Waals surface area contributed by atoms with Crippen LogP contribution < -0.4 is 11.1 Å². The van der Waals surface area contributed by atoms with Crippen molar-refractivity contribution in [1.82, 2.24) is 5.32 Å². The number of carbonyl (C=O) groups excluding carboxylic acids is 1. The molecular formula is C8H20N2O4Si. The van der Waals surface area contributed by atoms with Gasteiger partial charge in [0.05, 0.1) is 6.54 Å². The van der Waals surface area contributed by atoms with Gasteiger partial charge in [-0.3, -0.25) is 4.79 Å². The van der Waals surface area contributed by atoms with Gasteiger partial charge in [0.2, 0.25) is 5.91 Å². The third kappa shape index (κ3) is 5.24. The first kappa shape index (κ1) is 14.5. The summed E-state index contributed by atoms with van der Waals surface area (Å²) in [5.74, 6) is -0.158. The molecule has 6 nitrogen and oxygen atoms in total. The smallest absolute Gasteiger partial charge is 0.377 e. The summed E-state index contributed by atoms with van der Waals surface area (Å²) in [6.07, 6.45) is 0.744. The first-order chi connectivity index (χ1) is 7.14. The third-order valence-electron chi connectivity index (χ3n) is 2.10. The fourth-order valence-electron chi connectivity index (χ4n) is 1.16. The molecular weight excluding hydrogens is 216 g/mol. The maximum absolute atomic E-state index is 10.8. The zero-order valence-corrected chi connectivity index (χ0v) is 10.5. The number of nitrogens with one attached hydrogen (secondary N) is 1. The lowest BCUT2D eigenvalue weighted by molar-refractivity contribution is -0.119. The van der Waals surface area contributed by atoms with Gasteiger partial charge in [0.1, 0.15) is 0 Å². The zero-order chi connectivity index (χ0) is 11.7. The van der Waals surface area contributed by atoms with Gasteiger partial charge >= 0.3 is 8.80 Å². The van der Waals surface area contributed by atoms with Crippen LogP contribution in [0.3, 0.4) is 0 Å². The number of hydrogen-bond donors (Lipinski definition) is 2. The van der Waals surface area contributed by atoms with Crippen LogP contribution in [-0.2, 0) is 18.1 Å². The van der Waals surface area contributed by atoms with Gasteiger partial charge in [-0.15, -0.1) is 0 Å². The second kappa shape index (κ2) is 7.77. The van der Waals surface area contributed by atoms with Crippen molar-refractivity contribution in [1.29, 1.82) is 0 Å². The van der Waals surface area contributed by atoms with Crippen molar-refractivity contribution in [3.05, 3.63) is 0 Å². The van der Waals surface area contributed by atoms with Gasteiger partial charge < -0.3 is 24.3 Å². The predicted octanol–water partition coefficient (Wildman–Crippen LogP) is -0.670. The summed E-state index contributed by atoms with van der Waals surface area (Å²) in [7, 11) is 2.22. The van der Waals surface area contributed by atoms with E-state index in [1.807, 2.05) is 0 Å². The Bertz CT molecular complexity index is 179. The molecule has 15 heavy (non-hydrogen) atoms. The van der Waals surface area contributed by atoms with Crippen molar-refractivity contribution in [3.8, 4) is 0 Å². The molecule has 0 rings (SSSR count). The van der Waals surface area contributed by atoms with Crippen LogP contribution >= 0.6 is 0 Å². The Morgan fingerprint density at radius 2 is 1.80 bits per heavy atom. The molecule has 0 atom stereocenters. The van der Waals surface area contributed by atoms with Gasteiger partial charge in [-0.2, -0.15) is 0 Å².